The second-order valence-electron chi connectivity index (χ2n) is 2.49. The molecule has 12 heavy (non-hydrogen) atoms. The van der Waals surface area contributed by atoms with Gasteiger partial charge < -0.3 is 0 Å². The molecule has 0 atom stereocenters. The lowest BCUT2D eigenvalue weighted by molar-refractivity contribution is 0.481. The number of aryl methyl sites for hydroxylation is 1. The van der Waals surface area contributed by atoms with Gasteiger partial charge in [-0.2, -0.15) is 10.2 Å². The first kappa shape index (κ1) is 8.53. The Morgan fingerprint density at radius 1 is 1.75 bits per heavy atom. The molecule has 1 heterocycles. The van der Waals surface area contributed by atoms with Crippen molar-refractivity contribution in [1.29, 1.82) is 5.26 Å². The second kappa shape index (κ2) is 3.72. The summed E-state index contributed by atoms with van der Waals surface area (Å²) in [7, 11) is 1.75. The molecule has 5 heteroatoms. The molecular formula is C7H10N4O. The number of aromatic nitrogens is 3. The van der Waals surface area contributed by atoms with E-state index in [2.05, 4.69) is 4.98 Å². The maximum atomic E-state index is 11.0. The van der Waals surface area contributed by atoms with Crippen molar-refractivity contribution in [2.24, 2.45) is 7.05 Å². The third kappa shape index (κ3) is 1.72. The average molecular weight is 166 g/mol. The Bertz CT molecular complexity index is 343. The maximum Gasteiger partial charge on any atom is 0.363 e. The number of hydrogen-bond donors (Lipinski definition) is 0. The molecule has 0 aliphatic rings. The van der Waals surface area contributed by atoms with Crippen LogP contribution in [-0.4, -0.2) is 14.3 Å². The van der Waals surface area contributed by atoms with E-state index in [9.17, 15) is 4.79 Å². The summed E-state index contributed by atoms with van der Waals surface area (Å²) in [4.78, 5) is 14.6. The van der Waals surface area contributed by atoms with Crippen LogP contribution < -0.4 is 5.69 Å². The monoisotopic (exact) mass is 166 g/mol. The Morgan fingerprint density at radius 3 is 3.00 bits per heavy atom. The molecule has 0 radical (unpaired) electrons. The van der Waals surface area contributed by atoms with E-state index in [1.54, 1.807) is 11.7 Å². The van der Waals surface area contributed by atoms with Gasteiger partial charge in [-0.15, -0.1) is 0 Å². The summed E-state index contributed by atoms with van der Waals surface area (Å²) >= 11 is 0. The molecule has 64 valence electrons. The summed E-state index contributed by atoms with van der Waals surface area (Å²) in [6, 6.07) is 2.02. The molecule has 0 bridgehead atoms. The average Bonchev–Trinajstić information content (AvgIpc) is 2.35. The van der Waals surface area contributed by atoms with Gasteiger partial charge in [0.1, 0.15) is 6.33 Å². The molecule has 0 unspecified atom stereocenters. The predicted octanol–water partition coefficient (Wildman–Crippen LogP) is -0.114. The molecule has 1 aromatic rings. The van der Waals surface area contributed by atoms with Gasteiger partial charge in [-0.25, -0.2) is 9.48 Å². The van der Waals surface area contributed by atoms with Crippen molar-refractivity contribution in [3.8, 4) is 6.07 Å². The fourth-order valence-corrected chi connectivity index (χ4v) is 0.958. The van der Waals surface area contributed by atoms with Crippen LogP contribution in [-0.2, 0) is 13.6 Å². The van der Waals surface area contributed by atoms with Gasteiger partial charge in [0, 0.05) is 20.0 Å². The third-order valence-corrected chi connectivity index (χ3v) is 1.60. The zero-order chi connectivity index (χ0) is 8.97. The second-order valence-corrected chi connectivity index (χ2v) is 2.49. The van der Waals surface area contributed by atoms with E-state index >= 15 is 0 Å². The van der Waals surface area contributed by atoms with E-state index in [-0.39, 0.29) is 5.69 Å². The lowest BCUT2D eigenvalue weighted by Crippen LogP contribution is -2.22. The summed E-state index contributed by atoms with van der Waals surface area (Å²) in [6.45, 7) is 0.558. The molecule has 0 N–H and O–H groups in total. The number of nitriles is 1. The van der Waals surface area contributed by atoms with E-state index in [0.717, 1.165) is 0 Å². The molecule has 1 aromatic heterocycles. The molecule has 0 aliphatic carbocycles. The van der Waals surface area contributed by atoms with Crippen molar-refractivity contribution in [3.63, 3.8) is 0 Å². The smallest absolute Gasteiger partial charge is 0.273 e. The van der Waals surface area contributed by atoms with Crippen LogP contribution in [0.15, 0.2) is 11.1 Å². The van der Waals surface area contributed by atoms with Gasteiger partial charge in [0.15, 0.2) is 0 Å². The van der Waals surface area contributed by atoms with Crippen LogP contribution in [0.4, 0.5) is 0 Å². The van der Waals surface area contributed by atoms with Crippen LogP contribution in [0.1, 0.15) is 12.8 Å². The van der Waals surface area contributed by atoms with Crippen LogP contribution in [0.25, 0.3) is 0 Å². The first-order chi connectivity index (χ1) is 5.75. The van der Waals surface area contributed by atoms with E-state index < -0.39 is 0 Å². The van der Waals surface area contributed by atoms with Crippen LogP contribution in [0.5, 0.6) is 0 Å². The molecule has 0 aliphatic heterocycles. The summed E-state index contributed by atoms with van der Waals surface area (Å²) < 4.78 is 3.12. The Labute approximate surface area is 69.8 Å². The largest absolute Gasteiger partial charge is 0.363 e. The minimum absolute atomic E-state index is 0.254. The zero-order valence-electron chi connectivity index (χ0n) is 6.90. The summed E-state index contributed by atoms with van der Waals surface area (Å²) in [5, 5.41) is 8.27. The molecule has 0 fully saturated rings. The van der Waals surface area contributed by atoms with Crippen molar-refractivity contribution >= 4 is 0 Å². The minimum Gasteiger partial charge on any atom is -0.273 e. The molecule has 1 rings (SSSR count). The van der Waals surface area contributed by atoms with Gasteiger partial charge in [-0.3, -0.25) is 4.68 Å². The van der Waals surface area contributed by atoms with Crippen LogP contribution in [0, 0.1) is 11.3 Å². The molecule has 0 saturated carbocycles. The lowest BCUT2D eigenvalue weighted by Gasteiger charge is -2.02. The van der Waals surface area contributed by atoms with E-state index in [1.165, 1.54) is 11.0 Å². The SMILES string of the molecule is Cn1cnc(=O)n1CCCC#N. The molecular weight excluding hydrogens is 156 g/mol. The fourth-order valence-electron chi connectivity index (χ4n) is 0.958. The predicted molar refractivity (Wildman–Crippen MR) is 42.3 cm³/mol. The summed E-state index contributed by atoms with van der Waals surface area (Å²) in [5.41, 5.74) is -0.254. The van der Waals surface area contributed by atoms with Gasteiger partial charge in [-0.1, -0.05) is 0 Å². The molecule has 0 saturated heterocycles. The minimum atomic E-state index is -0.254. The third-order valence-electron chi connectivity index (χ3n) is 1.60. The standard InChI is InChI=1S/C7H10N4O/c1-10-6-9-7(12)11(10)5-3-2-4-8/h6H,2-3,5H2,1H3. The van der Waals surface area contributed by atoms with Crippen molar-refractivity contribution in [3.05, 3.63) is 16.8 Å². The number of nitrogens with zero attached hydrogens (tertiary/aromatic N) is 4. The highest BCUT2D eigenvalue weighted by Crippen LogP contribution is 1.89. The van der Waals surface area contributed by atoms with Gasteiger partial charge in [0.05, 0.1) is 6.07 Å². The maximum absolute atomic E-state index is 11.0. The Morgan fingerprint density at radius 2 is 2.50 bits per heavy atom. The van der Waals surface area contributed by atoms with Gasteiger partial charge in [0.25, 0.3) is 0 Å². The Balaban J connectivity index is 2.63. The first-order valence-corrected chi connectivity index (χ1v) is 3.71. The van der Waals surface area contributed by atoms with Crippen molar-refractivity contribution in [2.45, 2.75) is 19.4 Å². The molecule has 5 nitrogen and oxygen atoms in total. The Hall–Kier alpha value is -1.57. The zero-order valence-corrected chi connectivity index (χ0v) is 6.90. The quantitative estimate of drug-likeness (QED) is 0.588. The number of rotatable bonds is 3. The Kier molecular flexibility index (Phi) is 2.64. The van der Waals surface area contributed by atoms with Crippen molar-refractivity contribution in [1.82, 2.24) is 14.3 Å². The van der Waals surface area contributed by atoms with E-state index in [4.69, 9.17) is 5.26 Å². The highest BCUT2D eigenvalue weighted by molar-refractivity contribution is 4.70. The van der Waals surface area contributed by atoms with Crippen molar-refractivity contribution < 1.29 is 0 Å². The van der Waals surface area contributed by atoms with Crippen molar-refractivity contribution in [2.75, 3.05) is 0 Å². The van der Waals surface area contributed by atoms with Gasteiger partial charge >= 0.3 is 5.69 Å². The topological polar surface area (TPSA) is 63.6 Å². The van der Waals surface area contributed by atoms with E-state index in [1.807, 2.05) is 6.07 Å². The summed E-state index contributed by atoms with van der Waals surface area (Å²) in [6.07, 6.45) is 2.63. The first-order valence-electron chi connectivity index (χ1n) is 3.71. The number of unbranched alkanes of at least 4 members (excludes halogenated alkanes) is 1. The molecule has 0 spiro atoms. The van der Waals surface area contributed by atoms with Gasteiger partial charge in [-0.05, 0) is 6.42 Å². The van der Waals surface area contributed by atoms with Crippen LogP contribution in [0.3, 0.4) is 0 Å². The molecule has 0 aromatic carbocycles. The summed E-state index contributed by atoms with van der Waals surface area (Å²) in [5.74, 6) is 0. The van der Waals surface area contributed by atoms with Gasteiger partial charge in [0.2, 0.25) is 0 Å². The fraction of sp³-hybridized carbons (Fsp3) is 0.571. The highest BCUT2D eigenvalue weighted by Gasteiger charge is 1.99. The number of hydrogen-bond acceptors (Lipinski definition) is 3. The molecule has 0 amide bonds. The normalized spacial score (nSPS) is 9.67. The lowest BCUT2D eigenvalue weighted by atomic mass is 10.3. The van der Waals surface area contributed by atoms with Crippen LogP contribution in [0.2, 0.25) is 0 Å². The van der Waals surface area contributed by atoms with Crippen LogP contribution >= 0.6 is 0 Å². The highest BCUT2D eigenvalue weighted by atomic mass is 16.2. The van der Waals surface area contributed by atoms with E-state index in [0.29, 0.717) is 19.4 Å².